The van der Waals surface area contributed by atoms with Gasteiger partial charge >= 0.3 is 0 Å². The second kappa shape index (κ2) is 7.20. The van der Waals surface area contributed by atoms with E-state index in [0.717, 1.165) is 10.1 Å². The highest BCUT2D eigenvalue weighted by Gasteiger charge is 2.04. The quantitative estimate of drug-likeness (QED) is 0.736. The van der Waals surface area contributed by atoms with Gasteiger partial charge in [-0.3, -0.25) is 4.79 Å². The highest BCUT2D eigenvalue weighted by molar-refractivity contribution is 9.10. The number of aromatic nitrogens is 3. The first-order valence-electron chi connectivity index (χ1n) is 6.20. The molecule has 0 radical (unpaired) electrons. The molecular formula is C12H16BrN5O2. The van der Waals surface area contributed by atoms with Crippen LogP contribution < -0.4 is 10.6 Å². The molecule has 0 aliphatic carbocycles. The predicted octanol–water partition coefficient (Wildman–Crippen LogP) is 1.06. The maximum absolute atomic E-state index is 11.5. The second-order valence-corrected chi connectivity index (χ2v) is 5.02. The minimum atomic E-state index is -0.0268. The Hall–Kier alpha value is -1.67. The molecular weight excluding hydrogens is 326 g/mol. The largest absolute Gasteiger partial charge is 0.383 e. The van der Waals surface area contributed by atoms with Crippen molar-refractivity contribution in [1.29, 1.82) is 0 Å². The number of nitrogens with zero attached hydrogens (tertiary/aromatic N) is 3. The van der Waals surface area contributed by atoms with Gasteiger partial charge in [0.25, 0.3) is 0 Å². The van der Waals surface area contributed by atoms with Crippen LogP contribution in [-0.2, 0) is 9.53 Å². The van der Waals surface area contributed by atoms with E-state index in [9.17, 15) is 4.79 Å². The summed E-state index contributed by atoms with van der Waals surface area (Å²) in [5.74, 6) is 0.480. The predicted molar refractivity (Wildman–Crippen MR) is 78.7 cm³/mol. The van der Waals surface area contributed by atoms with Crippen LogP contribution in [0.15, 0.2) is 22.8 Å². The number of fused-ring (bicyclic) bond motifs is 1. The molecule has 2 N–H and O–H groups in total. The van der Waals surface area contributed by atoms with Gasteiger partial charge in [-0.15, -0.1) is 5.10 Å². The number of pyridine rings is 1. The number of nitrogens with one attached hydrogen (secondary N) is 2. The fraction of sp³-hybridized carbons (Fsp3) is 0.417. The van der Waals surface area contributed by atoms with Crippen molar-refractivity contribution < 1.29 is 9.53 Å². The molecule has 0 fully saturated rings. The van der Waals surface area contributed by atoms with E-state index in [-0.39, 0.29) is 5.91 Å². The summed E-state index contributed by atoms with van der Waals surface area (Å²) < 4.78 is 7.45. The van der Waals surface area contributed by atoms with Crippen molar-refractivity contribution >= 4 is 33.4 Å². The Morgan fingerprint density at radius 1 is 1.45 bits per heavy atom. The lowest BCUT2D eigenvalue weighted by Crippen LogP contribution is -2.28. The molecule has 0 aromatic carbocycles. The van der Waals surface area contributed by atoms with Gasteiger partial charge < -0.3 is 15.4 Å². The first kappa shape index (κ1) is 14.7. The number of halogens is 1. The van der Waals surface area contributed by atoms with Crippen LogP contribution in [0.1, 0.15) is 6.42 Å². The zero-order valence-electron chi connectivity index (χ0n) is 11.1. The van der Waals surface area contributed by atoms with Crippen molar-refractivity contribution in [3.63, 3.8) is 0 Å². The molecule has 0 saturated heterocycles. The van der Waals surface area contributed by atoms with Gasteiger partial charge in [0.2, 0.25) is 11.9 Å². The number of ether oxygens (including phenoxy) is 1. The van der Waals surface area contributed by atoms with Crippen LogP contribution in [0.25, 0.3) is 5.65 Å². The molecule has 2 heterocycles. The molecule has 0 unspecified atom stereocenters. The van der Waals surface area contributed by atoms with Crippen molar-refractivity contribution in [2.45, 2.75) is 6.42 Å². The molecule has 2 aromatic heterocycles. The van der Waals surface area contributed by atoms with Crippen molar-refractivity contribution in [2.24, 2.45) is 0 Å². The van der Waals surface area contributed by atoms with Crippen LogP contribution in [0.5, 0.6) is 0 Å². The maximum atomic E-state index is 11.5. The number of carbonyl (C=O) groups excluding carboxylic acids is 1. The SMILES string of the molecule is COCCNC(=O)CCNc1nc2ccc(Br)cn2n1. The van der Waals surface area contributed by atoms with E-state index in [4.69, 9.17) is 4.74 Å². The van der Waals surface area contributed by atoms with Crippen molar-refractivity contribution in [3.05, 3.63) is 22.8 Å². The average molecular weight is 342 g/mol. The number of anilines is 1. The number of hydrogen-bond acceptors (Lipinski definition) is 5. The third kappa shape index (κ3) is 4.17. The lowest BCUT2D eigenvalue weighted by atomic mass is 10.4. The summed E-state index contributed by atoms with van der Waals surface area (Å²) in [7, 11) is 1.60. The van der Waals surface area contributed by atoms with E-state index >= 15 is 0 Å². The van der Waals surface area contributed by atoms with E-state index < -0.39 is 0 Å². The van der Waals surface area contributed by atoms with Gasteiger partial charge in [0.15, 0.2) is 5.65 Å². The van der Waals surface area contributed by atoms with Gasteiger partial charge in [-0.25, -0.2) is 4.52 Å². The van der Waals surface area contributed by atoms with Crippen molar-refractivity contribution in [3.8, 4) is 0 Å². The summed E-state index contributed by atoms with van der Waals surface area (Å²) in [5, 5.41) is 10.0. The van der Waals surface area contributed by atoms with Gasteiger partial charge in [0.1, 0.15) is 0 Å². The monoisotopic (exact) mass is 341 g/mol. The molecule has 108 valence electrons. The Balaban J connectivity index is 1.79. The third-order valence-electron chi connectivity index (χ3n) is 2.56. The summed E-state index contributed by atoms with van der Waals surface area (Å²) in [6.45, 7) is 1.52. The molecule has 0 saturated carbocycles. The summed E-state index contributed by atoms with van der Waals surface area (Å²) in [6.07, 6.45) is 2.19. The molecule has 0 aliphatic heterocycles. The van der Waals surface area contributed by atoms with Gasteiger partial charge in [-0.05, 0) is 28.1 Å². The van der Waals surface area contributed by atoms with Crippen LogP contribution in [0.2, 0.25) is 0 Å². The van der Waals surface area contributed by atoms with Crippen molar-refractivity contribution in [1.82, 2.24) is 19.9 Å². The molecule has 0 bridgehead atoms. The van der Waals surface area contributed by atoms with Gasteiger partial charge in [-0.2, -0.15) is 4.98 Å². The number of carbonyl (C=O) groups is 1. The normalized spacial score (nSPS) is 10.7. The summed E-state index contributed by atoms with van der Waals surface area (Å²) >= 11 is 3.37. The molecule has 20 heavy (non-hydrogen) atoms. The van der Waals surface area contributed by atoms with Gasteiger partial charge in [0.05, 0.1) is 6.61 Å². The second-order valence-electron chi connectivity index (χ2n) is 4.11. The lowest BCUT2D eigenvalue weighted by Gasteiger charge is -2.04. The number of methoxy groups -OCH3 is 1. The number of rotatable bonds is 7. The zero-order valence-corrected chi connectivity index (χ0v) is 12.7. The fourth-order valence-corrected chi connectivity index (χ4v) is 1.93. The Labute approximate surface area is 124 Å². The minimum Gasteiger partial charge on any atom is -0.383 e. The highest BCUT2D eigenvalue weighted by Crippen LogP contribution is 2.11. The minimum absolute atomic E-state index is 0.0268. The summed E-state index contributed by atoms with van der Waals surface area (Å²) in [4.78, 5) is 15.8. The highest BCUT2D eigenvalue weighted by atomic mass is 79.9. The van der Waals surface area contributed by atoms with E-state index in [1.54, 1.807) is 11.6 Å². The standard InChI is InChI=1S/C12H16BrN5O2/c1-20-7-6-14-11(19)4-5-15-12-16-10-3-2-9(13)8-18(10)17-12/h2-3,8H,4-7H2,1H3,(H,14,19)(H,15,17). The first-order chi connectivity index (χ1) is 9.69. The molecule has 0 spiro atoms. The van der Waals surface area contributed by atoms with E-state index in [0.29, 0.717) is 32.1 Å². The fourth-order valence-electron chi connectivity index (χ4n) is 1.60. The van der Waals surface area contributed by atoms with Crippen molar-refractivity contribution in [2.75, 3.05) is 32.1 Å². The Kier molecular flexibility index (Phi) is 5.31. The summed E-state index contributed by atoms with van der Waals surface area (Å²) in [5.41, 5.74) is 0.750. The molecule has 7 nitrogen and oxygen atoms in total. The third-order valence-corrected chi connectivity index (χ3v) is 3.03. The Bertz CT molecular complexity index is 586. The molecule has 8 heteroatoms. The number of hydrogen-bond donors (Lipinski definition) is 2. The van der Waals surface area contributed by atoms with Crippen LogP contribution in [0, 0.1) is 0 Å². The average Bonchev–Trinajstić information content (AvgIpc) is 2.81. The van der Waals surface area contributed by atoms with E-state index in [1.807, 2.05) is 18.3 Å². The molecule has 2 rings (SSSR count). The van der Waals surface area contributed by atoms with Gasteiger partial charge in [-0.1, -0.05) is 0 Å². The van der Waals surface area contributed by atoms with Gasteiger partial charge in [0, 0.05) is 37.3 Å². The first-order valence-corrected chi connectivity index (χ1v) is 7.00. The topological polar surface area (TPSA) is 80.5 Å². The molecule has 0 aliphatic rings. The van der Waals surface area contributed by atoms with Crippen LogP contribution in [0.4, 0.5) is 5.95 Å². The smallest absolute Gasteiger partial charge is 0.243 e. The lowest BCUT2D eigenvalue weighted by molar-refractivity contribution is -0.121. The Morgan fingerprint density at radius 3 is 3.10 bits per heavy atom. The van der Waals surface area contributed by atoms with Crippen LogP contribution in [0.3, 0.4) is 0 Å². The van der Waals surface area contributed by atoms with Crippen LogP contribution >= 0.6 is 15.9 Å². The van der Waals surface area contributed by atoms with E-state index in [1.165, 1.54) is 0 Å². The van der Waals surface area contributed by atoms with E-state index in [2.05, 4.69) is 36.6 Å². The summed E-state index contributed by atoms with van der Waals surface area (Å²) in [6, 6.07) is 3.76. The Morgan fingerprint density at radius 2 is 2.30 bits per heavy atom. The zero-order chi connectivity index (χ0) is 14.4. The molecule has 2 aromatic rings. The number of amides is 1. The van der Waals surface area contributed by atoms with Crippen LogP contribution in [-0.4, -0.2) is 47.3 Å². The maximum Gasteiger partial charge on any atom is 0.243 e. The molecule has 1 amide bonds. The molecule has 0 atom stereocenters.